The fourth-order valence-electron chi connectivity index (χ4n) is 1.52. The molecule has 1 aliphatic rings. The smallest absolute Gasteiger partial charge is 0.0713 e. The van der Waals surface area contributed by atoms with Gasteiger partial charge in [-0.3, -0.25) is 4.98 Å². The lowest BCUT2D eigenvalue weighted by molar-refractivity contribution is 0.581. The van der Waals surface area contributed by atoms with E-state index in [4.69, 9.17) is 5.73 Å². The van der Waals surface area contributed by atoms with E-state index >= 15 is 0 Å². The summed E-state index contributed by atoms with van der Waals surface area (Å²) < 4.78 is 1.98. The van der Waals surface area contributed by atoms with Crippen LogP contribution < -0.4 is 5.73 Å². The van der Waals surface area contributed by atoms with Crippen LogP contribution in [0, 0.1) is 5.92 Å². The van der Waals surface area contributed by atoms with Gasteiger partial charge in [-0.05, 0) is 50.3 Å². The fourth-order valence-corrected chi connectivity index (χ4v) is 2.80. The molecule has 0 aliphatic heterocycles. The Morgan fingerprint density at radius 3 is 2.79 bits per heavy atom. The highest BCUT2D eigenvalue weighted by Crippen LogP contribution is 2.37. The Kier molecular flexibility index (Phi) is 3.24. The largest absolute Gasteiger partial charge is 0.323 e. The zero-order valence-electron chi connectivity index (χ0n) is 7.71. The number of nitrogens with zero attached hydrogens (tertiary/aromatic N) is 1. The molecule has 0 saturated heterocycles. The molecular formula is C10H12Br2N2. The van der Waals surface area contributed by atoms with Crippen molar-refractivity contribution in [1.29, 1.82) is 0 Å². The van der Waals surface area contributed by atoms with Crippen molar-refractivity contribution in [3.63, 3.8) is 0 Å². The number of rotatable bonds is 3. The average Bonchev–Trinajstić information content (AvgIpc) is 2.87. The molecule has 76 valence electrons. The quantitative estimate of drug-likeness (QED) is 0.927. The van der Waals surface area contributed by atoms with Gasteiger partial charge in [0, 0.05) is 21.2 Å². The Morgan fingerprint density at radius 1 is 1.50 bits per heavy atom. The van der Waals surface area contributed by atoms with Gasteiger partial charge in [0.05, 0.1) is 5.69 Å². The molecule has 1 aliphatic carbocycles. The Labute approximate surface area is 101 Å². The van der Waals surface area contributed by atoms with Gasteiger partial charge in [-0.15, -0.1) is 0 Å². The topological polar surface area (TPSA) is 38.9 Å². The number of nitrogens with two attached hydrogens (primary N) is 1. The monoisotopic (exact) mass is 318 g/mol. The first-order valence-electron chi connectivity index (χ1n) is 4.73. The molecule has 1 fully saturated rings. The maximum Gasteiger partial charge on any atom is 0.0713 e. The first kappa shape index (κ1) is 10.6. The summed E-state index contributed by atoms with van der Waals surface area (Å²) in [5.41, 5.74) is 7.05. The molecule has 0 amide bonds. The van der Waals surface area contributed by atoms with Crippen LogP contribution in [0.4, 0.5) is 0 Å². The van der Waals surface area contributed by atoms with Crippen molar-refractivity contribution in [2.75, 3.05) is 0 Å². The van der Waals surface area contributed by atoms with Gasteiger partial charge in [-0.25, -0.2) is 0 Å². The molecular weight excluding hydrogens is 308 g/mol. The summed E-state index contributed by atoms with van der Waals surface area (Å²) in [6.45, 7) is 0. The third-order valence-electron chi connectivity index (χ3n) is 2.47. The molecule has 0 aromatic carbocycles. The second kappa shape index (κ2) is 4.29. The summed E-state index contributed by atoms with van der Waals surface area (Å²) in [4.78, 5) is 4.34. The molecule has 0 unspecified atom stereocenters. The lowest BCUT2D eigenvalue weighted by Gasteiger charge is -2.12. The van der Waals surface area contributed by atoms with Crippen LogP contribution in [0.15, 0.2) is 21.2 Å². The lowest BCUT2D eigenvalue weighted by atomic mass is 10.1. The minimum Gasteiger partial charge on any atom is -0.323 e. The normalized spacial score (nSPS) is 18.2. The summed E-state index contributed by atoms with van der Waals surface area (Å²) >= 11 is 6.86. The van der Waals surface area contributed by atoms with Gasteiger partial charge < -0.3 is 5.73 Å². The lowest BCUT2D eigenvalue weighted by Crippen LogP contribution is -2.13. The van der Waals surface area contributed by atoms with Crippen molar-refractivity contribution >= 4 is 31.9 Å². The van der Waals surface area contributed by atoms with E-state index in [1.54, 1.807) is 6.20 Å². The zero-order chi connectivity index (χ0) is 10.1. The van der Waals surface area contributed by atoms with E-state index < -0.39 is 0 Å². The minimum absolute atomic E-state index is 0.0741. The second-order valence-electron chi connectivity index (χ2n) is 3.81. The first-order valence-corrected chi connectivity index (χ1v) is 6.32. The van der Waals surface area contributed by atoms with Gasteiger partial charge >= 0.3 is 0 Å². The predicted octanol–water partition coefficient (Wildman–Crippen LogP) is 3.41. The highest BCUT2D eigenvalue weighted by molar-refractivity contribution is 9.11. The molecule has 1 aromatic rings. The van der Waals surface area contributed by atoms with Crippen molar-refractivity contribution in [1.82, 2.24) is 4.98 Å². The molecule has 2 nitrogen and oxygen atoms in total. The average molecular weight is 320 g/mol. The number of pyridine rings is 1. The van der Waals surface area contributed by atoms with E-state index in [-0.39, 0.29) is 6.04 Å². The van der Waals surface area contributed by atoms with Crippen LogP contribution in [0.2, 0.25) is 0 Å². The van der Waals surface area contributed by atoms with Crippen molar-refractivity contribution in [2.45, 2.75) is 25.3 Å². The molecule has 2 N–H and O–H groups in total. The van der Waals surface area contributed by atoms with Crippen LogP contribution in [0.5, 0.6) is 0 Å². The number of hydrogen-bond acceptors (Lipinski definition) is 2. The van der Waals surface area contributed by atoms with Crippen molar-refractivity contribution < 1.29 is 0 Å². The molecule has 4 heteroatoms. The SMILES string of the molecule is N[C@@H](CC1CC1)c1ncc(Br)cc1Br. The van der Waals surface area contributed by atoms with Gasteiger partial charge in [-0.2, -0.15) is 0 Å². The third-order valence-corrected chi connectivity index (χ3v) is 3.54. The zero-order valence-corrected chi connectivity index (χ0v) is 10.9. The van der Waals surface area contributed by atoms with E-state index in [0.29, 0.717) is 0 Å². The van der Waals surface area contributed by atoms with Gasteiger partial charge in [0.1, 0.15) is 0 Å². The Hall–Kier alpha value is 0.0700. The summed E-state index contributed by atoms with van der Waals surface area (Å²) in [6, 6.07) is 2.07. The summed E-state index contributed by atoms with van der Waals surface area (Å²) in [6.07, 6.45) is 5.53. The third kappa shape index (κ3) is 2.55. The summed E-state index contributed by atoms with van der Waals surface area (Å²) in [7, 11) is 0. The minimum atomic E-state index is 0.0741. The molecule has 1 atom stereocenters. The van der Waals surface area contributed by atoms with Gasteiger partial charge in [0.25, 0.3) is 0 Å². The van der Waals surface area contributed by atoms with E-state index in [1.807, 2.05) is 6.07 Å². The van der Waals surface area contributed by atoms with E-state index in [2.05, 4.69) is 36.8 Å². The van der Waals surface area contributed by atoms with Crippen LogP contribution in [-0.2, 0) is 0 Å². The van der Waals surface area contributed by atoms with Crippen molar-refractivity contribution in [2.24, 2.45) is 11.7 Å². The summed E-state index contributed by atoms with van der Waals surface area (Å²) in [5.74, 6) is 0.836. The highest BCUT2D eigenvalue weighted by Gasteiger charge is 2.25. The molecule has 0 spiro atoms. The number of aromatic nitrogens is 1. The maximum absolute atomic E-state index is 6.08. The fraction of sp³-hybridized carbons (Fsp3) is 0.500. The van der Waals surface area contributed by atoms with Crippen LogP contribution in [0.25, 0.3) is 0 Å². The van der Waals surface area contributed by atoms with Crippen LogP contribution in [0.3, 0.4) is 0 Å². The highest BCUT2D eigenvalue weighted by atomic mass is 79.9. The van der Waals surface area contributed by atoms with Crippen LogP contribution >= 0.6 is 31.9 Å². The molecule has 1 saturated carbocycles. The molecule has 14 heavy (non-hydrogen) atoms. The predicted molar refractivity (Wildman–Crippen MR) is 63.9 cm³/mol. The van der Waals surface area contributed by atoms with Crippen molar-refractivity contribution in [3.8, 4) is 0 Å². The van der Waals surface area contributed by atoms with Crippen LogP contribution in [0.1, 0.15) is 31.0 Å². The number of halogens is 2. The van der Waals surface area contributed by atoms with E-state index in [9.17, 15) is 0 Å². The van der Waals surface area contributed by atoms with Crippen LogP contribution in [-0.4, -0.2) is 4.98 Å². The van der Waals surface area contributed by atoms with Crippen molar-refractivity contribution in [3.05, 3.63) is 26.9 Å². The van der Waals surface area contributed by atoms with Gasteiger partial charge in [0.15, 0.2) is 0 Å². The summed E-state index contributed by atoms with van der Waals surface area (Å²) in [5, 5.41) is 0. The first-order chi connectivity index (χ1) is 6.66. The Morgan fingerprint density at radius 2 is 2.21 bits per heavy atom. The Balaban J connectivity index is 2.13. The van der Waals surface area contributed by atoms with Gasteiger partial charge in [0.2, 0.25) is 0 Å². The molecule has 1 aromatic heterocycles. The molecule has 2 rings (SSSR count). The van der Waals surface area contributed by atoms with Gasteiger partial charge in [-0.1, -0.05) is 12.8 Å². The maximum atomic E-state index is 6.08. The number of hydrogen-bond donors (Lipinski definition) is 1. The second-order valence-corrected chi connectivity index (χ2v) is 5.58. The molecule has 0 bridgehead atoms. The molecule has 1 heterocycles. The van der Waals surface area contributed by atoms with E-state index in [0.717, 1.165) is 27.0 Å². The molecule has 0 radical (unpaired) electrons. The van der Waals surface area contributed by atoms with E-state index in [1.165, 1.54) is 12.8 Å². The Bertz CT molecular complexity index is 337. The standard InChI is InChI=1S/C10H12Br2N2/c11-7-4-8(12)10(14-5-7)9(13)3-6-1-2-6/h4-6,9H,1-3,13H2/t9-/m0/s1.